The van der Waals surface area contributed by atoms with E-state index in [1.54, 1.807) is 0 Å². The lowest BCUT2D eigenvalue weighted by atomic mass is 9.89. The molecule has 2 aliphatic heterocycles. The summed E-state index contributed by atoms with van der Waals surface area (Å²) in [5.74, 6) is -3.51. The Morgan fingerprint density at radius 3 is 2.48 bits per heavy atom. The van der Waals surface area contributed by atoms with Crippen LogP contribution >= 0.6 is 0 Å². The Hall–Kier alpha value is -2.02. The van der Waals surface area contributed by atoms with Crippen LogP contribution in [0.5, 0.6) is 0 Å². The van der Waals surface area contributed by atoms with Crippen LogP contribution in [0, 0.1) is 17.6 Å². The Labute approximate surface area is 132 Å². The summed E-state index contributed by atoms with van der Waals surface area (Å²) in [7, 11) is 0. The summed E-state index contributed by atoms with van der Waals surface area (Å²) in [4.78, 5) is 24.8. The zero-order chi connectivity index (χ0) is 16.6. The third-order valence-corrected chi connectivity index (χ3v) is 4.56. The van der Waals surface area contributed by atoms with Crippen molar-refractivity contribution in [3.63, 3.8) is 0 Å². The zero-order valence-corrected chi connectivity index (χ0v) is 12.5. The highest BCUT2D eigenvalue weighted by Gasteiger charge is 2.33. The number of benzene rings is 1. The van der Waals surface area contributed by atoms with Gasteiger partial charge < -0.3 is 10.0 Å². The van der Waals surface area contributed by atoms with Crippen molar-refractivity contribution in [3.8, 4) is 0 Å². The van der Waals surface area contributed by atoms with Crippen LogP contribution in [0.25, 0.3) is 0 Å². The summed E-state index contributed by atoms with van der Waals surface area (Å²) in [6, 6.07) is 2.45. The minimum Gasteiger partial charge on any atom is -0.396 e. The van der Waals surface area contributed by atoms with E-state index >= 15 is 0 Å². The molecular formula is C16H18F2N2O3. The maximum atomic E-state index is 14.4. The molecule has 3 rings (SSSR count). The molecule has 0 unspecified atom stereocenters. The van der Waals surface area contributed by atoms with Crippen LogP contribution in [0.3, 0.4) is 0 Å². The van der Waals surface area contributed by atoms with Gasteiger partial charge in [0.25, 0.3) is 0 Å². The van der Waals surface area contributed by atoms with E-state index in [1.165, 1.54) is 12.1 Å². The van der Waals surface area contributed by atoms with Crippen molar-refractivity contribution in [1.82, 2.24) is 5.32 Å². The summed E-state index contributed by atoms with van der Waals surface area (Å²) < 4.78 is 28.8. The molecule has 23 heavy (non-hydrogen) atoms. The highest BCUT2D eigenvalue weighted by molar-refractivity contribution is 6.01. The van der Waals surface area contributed by atoms with E-state index in [1.807, 2.05) is 4.90 Å². The number of anilines is 1. The van der Waals surface area contributed by atoms with Gasteiger partial charge in [0.15, 0.2) is 0 Å². The molecule has 0 saturated carbocycles. The molecule has 0 spiro atoms. The van der Waals surface area contributed by atoms with E-state index < -0.39 is 29.4 Å². The Bertz CT molecular complexity index is 627. The molecule has 1 aromatic carbocycles. The number of nitrogens with zero attached hydrogens (tertiary/aromatic N) is 1. The van der Waals surface area contributed by atoms with E-state index in [4.69, 9.17) is 5.11 Å². The highest BCUT2D eigenvalue weighted by Crippen LogP contribution is 2.33. The van der Waals surface area contributed by atoms with E-state index in [0.717, 1.165) is 6.42 Å². The largest absolute Gasteiger partial charge is 0.396 e. The van der Waals surface area contributed by atoms with Crippen LogP contribution in [-0.4, -0.2) is 36.6 Å². The number of rotatable bonds is 3. The van der Waals surface area contributed by atoms with E-state index in [2.05, 4.69) is 5.32 Å². The van der Waals surface area contributed by atoms with Gasteiger partial charge in [-0.3, -0.25) is 14.9 Å². The van der Waals surface area contributed by atoms with Gasteiger partial charge >= 0.3 is 0 Å². The van der Waals surface area contributed by atoms with Gasteiger partial charge in [-0.15, -0.1) is 0 Å². The second-order valence-corrected chi connectivity index (χ2v) is 6.11. The lowest BCUT2D eigenvalue weighted by Gasteiger charge is -2.24. The average molecular weight is 324 g/mol. The summed E-state index contributed by atoms with van der Waals surface area (Å²) in [6.45, 7) is 1.23. The van der Waals surface area contributed by atoms with Crippen LogP contribution in [0.1, 0.15) is 30.7 Å². The van der Waals surface area contributed by atoms with Crippen molar-refractivity contribution >= 4 is 17.5 Å². The first kappa shape index (κ1) is 15.9. The Balaban J connectivity index is 1.86. The van der Waals surface area contributed by atoms with Gasteiger partial charge in [0.1, 0.15) is 11.6 Å². The minimum atomic E-state index is -0.981. The fourth-order valence-corrected chi connectivity index (χ4v) is 3.27. The smallest absolute Gasteiger partial charge is 0.234 e. The van der Waals surface area contributed by atoms with Gasteiger partial charge in [-0.25, -0.2) is 8.78 Å². The lowest BCUT2D eigenvalue weighted by Crippen LogP contribution is -2.40. The van der Waals surface area contributed by atoms with Gasteiger partial charge in [-0.05, 0) is 25.0 Å². The molecule has 2 atom stereocenters. The first-order chi connectivity index (χ1) is 11.0. The maximum absolute atomic E-state index is 14.4. The number of aliphatic hydroxyl groups is 1. The van der Waals surface area contributed by atoms with Crippen molar-refractivity contribution in [2.24, 2.45) is 5.92 Å². The van der Waals surface area contributed by atoms with Crippen molar-refractivity contribution in [3.05, 3.63) is 29.3 Å². The Morgan fingerprint density at radius 2 is 1.91 bits per heavy atom. The van der Waals surface area contributed by atoms with Crippen LogP contribution in [0.4, 0.5) is 14.5 Å². The zero-order valence-electron chi connectivity index (χ0n) is 12.5. The standard InChI is InChI=1S/C16H18F2N2O3/c17-12-5-10(20-4-3-9(7-20)8-21)6-13(18)15(12)11-1-2-14(22)19-16(11)23/h5-6,9,11,21H,1-4,7-8H2,(H,19,22,23)/t9-,11-/m1/s1. The topological polar surface area (TPSA) is 69.6 Å². The number of nitrogens with one attached hydrogen (secondary N) is 1. The number of piperidine rings is 1. The second kappa shape index (κ2) is 6.23. The number of carbonyl (C=O) groups is 2. The van der Waals surface area contributed by atoms with Crippen LogP contribution in [0.15, 0.2) is 12.1 Å². The van der Waals surface area contributed by atoms with Crippen molar-refractivity contribution in [2.75, 3.05) is 24.6 Å². The molecule has 2 amide bonds. The molecule has 0 radical (unpaired) electrons. The fourth-order valence-electron chi connectivity index (χ4n) is 3.27. The molecule has 2 N–H and O–H groups in total. The van der Waals surface area contributed by atoms with Crippen LogP contribution < -0.4 is 10.2 Å². The van der Waals surface area contributed by atoms with Gasteiger partial charge in [0.2, 0.25) is 11.8 Å². The number of hydrogen-bond acceptors (Lipinski definition) is 4. The normalized spacial score (nSPS) is 24.9. The first-order valence-corrected chi connectivity index (χ1v) is 7.68. The predicted octanol–water partition coefficient (Wildman–Crippen LogP) is 1.30. The molecule has 1 aromatic rings. The molecule has 7 heteroatoms. The van der Waals surface area contributed by atoms with Crippen molar-refractivity contribution < 1.29 is 23.5 Å². The predicted molar refractivity (Wildman–Crippen MR) is 78.9 cm³/mol. The quantitative estimate of drug-likeness (QED) is 0.823. The highest BCUT2D eigenvalue weighted by atomic mass is 19.1. The van der Waals surface area contributed by atoms with Gasteiger partial charge in [0, 0.05) is 43.3 Å². The number of amides is 2. The third kappa shape index (κ3) is 3.06. The monoisotopic (exact) mass is 324 g/mol. The third-order valence-electron chi connectivity index (χ3n) is 4.56. The summed E-state index contributed by atoms with van der Waals surface area (Å²) >= 11 is 0. The SMILES string of the molecule is O=C1CC[C@H](c2c(F)cc(N3CC[C@@H](CO)C3)cc2F)C(=O)N1. The molecule has 124 valence electrons. The molecule has 0 bridgehead atoms. The summed E-state index contributed by atoms with van der Waals surface area (Å²) in [5, 5.41) is 11.3. The molecule has 0 aromatic heterocycles. The molecule has 0 aliphatic carbocycles. The minimum absolute atomic E-state index is 0.0514. The summed E-state index contributed by atoms with van der Waals surface area (Å²) in [6.07, 6.45) is 0.949. The molecular weight excluding hydrogens is 306 g/mol. The Morgan fingerprint density at radius 1 is 1.22 bits per heavy atom. The molecule has 2 heterocycles. The van der Waals surface area contributed by atoms with Gasteiger partial charge in [0.05, 0.1) is 5.92 Å². The molecule has 2 aliphatic rings. The van der Waals surface area contributed by atoms with Crippen LogP contribution in [0.2, 0.25) is 0 Å². The molecule has 5 nitrogen and oxygen atoms in total. The number of imide groups is 1. The fraction of sp³-hybridized carbons (Fsp3) is 0.500. The first-order valence-electron chi connectivity index (χ1n) is 7.68. The average Bonchev–Trinajstić information content (AvgIpc) is 2.97. The van der Waals surface area contributed by atoms with Gasteiger partial charge in [-0.1, -0.05) is 0 Å². The lowest BCUT2D eigenvalue weighted by molar-refractivity contribution is -0.134. The van der Waals surface area contributed by atoms with Crippen molar-refractivity contribution in [1.29, 1.82) is 0 Å². The molecule has 2 saturated heterocycles. The van der Waals surface area contributed by atoms with E-state index in [-0.39, 0.29) is 30.9 Å². The van der Waals surface area contributed by atoms with E-state index in [9.17, 15) is 18.4 Å². The number of halogens is 2. The van der Waals surface area contributed by atoms with Crippen LogP contribution in [-0.2, 0) is 9.59 Å². The maximum Gasteiger partial charge on any atom is 0.234 e. The molecule has 2 fully saturated rings. The number of aliphatic hydroxyl groups excluding tert-OH is 1. The van der Waals surface area contributed by atoms with Gasteiger partial charge in [-0.2, -0.15) is 0 Å². The second-order valence-electron chi connectivity index (χ2n) is 6.11. The summed E-state index contributed by atoms with van der Waals surface area (Å²) in [5.41, 5.74) is 0.128. The number of hydrogen-bond donors (Lipinski definition) is 2. The number of carbonyl (C=O) groups excluding carboxylic acids is 2. The van der Waals surface area contributed by atoms with Crippen molar-refractivity contribution in [2.45, 2.75) is 25.2 Å². The van der Waals surface area contributed by atoms with E-state index in [0.29, 0.717) is 18.8 Å². The Kier molecular flexibility index (Phi) is 4.30.